The van der Waals surface area contributed by atoms with Crippen LogP contribution in [0.15, 0.2) is 11.3 Å². The number of ketones is 1. The van der Waals surface area contributed by atoms with Gasteiger partial charge in [0, 0.05) is 31.8 Å². The van der Waals surface area contributed by atoms with Gasteiger partial charge in [0.05, 0.1) is 5.76 Å². The Bertz CT molecular complexity index is 146. The van der Waals surface area contributed by atoms with Gasteiger partial charge < -0.3 is 5.11 Å². The van der Waals surface area contributed by atoms with Gasteiger partial charge in [-0.25, -0.2) is 0 Å². The first-order chi connectivity index (χ1) is 4.09. The van der Waals surface area contributed by atoms with Gasteiger partial charge in [-0.2, -0.15) is 0 Å². The molecule has 0 rings (SSSR count). The molecule has 56 valence electrons. The molecule has 0 saturated heterocycles. The van der Waals surface area contributed by atoms with E-state index in [0.29, 0.717) is 12.0 Å². The van der Waals surface area contributed by atoms with Crippen LogP contribution in [0.5, 0.6) is 0 Å². The third-order valence-electron chi connectivity index (χ3n) is 1.22. The van der Waals surface area contributed by atoms with Gasteiger partial charge in [-0.15, -0.1) is 0 Å². The third-order valence-corrected chi connectivity index (χ3v) is 1.22. The Balaban J connectivity index is 0. The summed E-state index contributed by atoms with van der Waals surface area (Å²) in [6, 6.07) is 0. The third kappa shape index (κ3) is 4.00. The van der Waals surface area contributed by atoms with Gasteiger partial charge in [0.15, 0.2) is 5.78 Å². The molecule has 0 aliphatic rings. The molecule has 3 heteroatoms. The Morgan fingerprint density at radius 2 is 1.80 bits per heavy atom. The summed E-state index contributed by atoms with van der Waals surface area (Å²) in [5, 5.41) is 8.84. The molecule has 0 aromatic carbocycles. The number of Topliss-reactive ketones (excluding diaryl/α,β-unsaturated/α-hetero) is 1. The maximum absolute atomic E-state index is 10.6. The molecule has 0 aliphatic carbocycles. The van der Waals surface area contributed by atoms with Crippen molar-refractivity contribution in [3.63, 3.8) is 0 Å². The average Bonchev–Trinajstić information content (AvgIpc) is 1.64. The van der Waals surface area contributed by atoms with Crippen LogP contribution in [0.4, 0.5) is 0 Å². The van der Waals surface area contributed by atoms with E-state index in [0.717, 1.165) is 0 Å². The van der Waals surface area contributed by atoms with E-state index in [1.807, 2.05) is 6.92 Å². The summed E-state index contributed by atoms with van der Waals surface area (Å²) in [5.41, 5.74) is 0.523. The molecule has 0 radical (unpaired) electrons. The zero-order valence-corrected chi connectivity index (χ0v) is 9.02. The van der Waals surface area contributed by atoms with Crippen molar-refractivity contribution >= 4 is 5.78 Å². The van der Waals surface area contributed by atoms with E-state index in [2.05, 4.69) is 0 Å². The molecule has 0 aromatic rings. The Hall–Kier alpha value is 0.0931. The summed E-state index contributed by atoms with van der Waals surface area (Å²) < 4.78 is 0. The molecule has 0 amide bonds. The molecule has 2 nitrogen and oxygen atoms in total. The second-order valence-electron chi connectivity index (χ2n) is 1.97. The SMILES string of the molecule is CC/C(C(C)=O)=C(/C)O.[Zr]. The quantitative estimate of drug-likeness (QED) is 0.568. The maximum Gasteiger partial charge on any atom is 0.159 e. The normalized spacial score (nSPS) is 11.5. The van der Waals surface area contributed by atoms with Crippen molar-refractivity contribution in [3.8, 4) is 0 Å². The fourth-order valence-corrected chi connectivity index (χ4v) is 0.760. The Labute approximate surface area is 80.4 Å². The van der Waals surface area contributed by atoms with Crippen molar-refractivity contribution < 1.29 is 36.1 Å². The number of hydrogen-bond donors (Lipinski definition) is 1. The number of allylic oxidation sites excluding steroid dienone is 2. The summed E-state index contributed by atoms with van der Waals surface area (Å²) in [5.74, 6) is 0.0995. The summed E-state index contributed by atoms with van der Waals surface area (Å²) in [4.78, 5) is 10.6. The van der Waals surface area contributed by atoms with Gasteiger partial charge in [-0.3, -0.25) is 4.79 Å². The predicted octanol–water partition coefficient (Wildman–Crippen LogP) is 1.81. The first-order valence-corrected chi connectivity index (χ1v) is 2.99. The van der Waals surface area contributed by atoms with Crippen molar-refractivity contribution in [2.75, 3.05) is 0 Å². The van der Waals surface area contributed by atoms with Gasteiger partial charge in [-0.1, -0.05) is 6.92 Å². The van der Waals surface area contributed by atoms with E-state index in [1.165, 1.54) is 13.8 Å². The van der Waals surface area contributed by atoms with Crippen LogP contribution in [0.3, 0.4) is 0 Å². The minimum atomic E-state index is -0.0440. The van der Waals surface area contributed by atoms with E-state index in [4.69, 9.17) is 5.11 Å². The predicted molar refractivity (Wildman–Crippen MR) is 36.3 cm³/mol. The van der Waals surface area contributed by atoms with Crippen LogP contribution >= 0.6 is 0 Å². The Morgan fingerprint density at radius 3 is 1.80 bits per heavy atom. The van der Waals surface area contributed by atoms with Gasteiger partial charge in [0.25, 0.3) is 0 Å². The first kappa shape index (κ1) is 12.7. The van der Waals surface area contributed by atoms with Crippen LogP contribution in [-0.2, 0) is 31.0 Å². The van der Waals surface area contributed by atoms with Crippen LogP contribution in [0.25, 0.3) is 0 Å². The standard InChI is InChI=1S/C7H12O2.Zr/c1-4-7(5(2)8)6(3)9;/h8H,4H2,1-3H3;/b7-5+;. The van der Waals surface area contributed by atoms with Crippen molar-refractivity contribution in [2.45, 2.75) is 27.2 Å². The monoisotopic (exact) mass is 218 g/mol. The number of rotatable bonds is 2. The van der Waals surface area contributed by atoms with E-state index in [1.54, 1.807) is 0 Å². The van der Waals surface area contributed by atoms with Crippen LogP contribution in [0.2, 0.25) is 0 Å². The molecule has 0 saturated carbocycles. The topological polar surface area (TPSA) is 37.3 Å². The van der Waals surface area contributed by atoms with Crippen molar-refractivity contribution in [2.24, 2.45) is 0 Å². The molecule has 0 fully saturated rings. The van der Waals surface area contributed by atoms with Gasteiger partial charge >= 0.3 is 0 Å². The maximum atomic E-state index is 10.6. The minimum Gasteiger partial charge on any atom is -0.512 e. The number of hydrogen-bond acceptors (Lipinski definition) is 2. The molecular formula is C7H12O2Zr. The molecule has 0 aromatic heterocycles. The molecule has 0 aliphatic heterocycles. The minimum absolute atomic E-state index is 0. The zero-order chi connectivity index (χ0) is 7.44. The second-order valence-corrected chi connectivity index (χ2v) is 1.97. The molecule has 1 N–H and O–H groups in total. The van der Waals surface area contributed by atoms with Gasteiger partial charge in [0.2, 0.25) is 0 Å². The Morgan fingerprint density at radius 1 is 1.40 bits per heavy atom. The van der Waals surface area contributed by atoms with Gasteiger partial charge in [-0.05, 0) is 20.3 Å². The van der Waals surface area contributed by atoms with Crippen LogP contribution in [0, 0.1) is 0 Å². The molecule has 0 spiro atoms. The fraction of sp³-hybridized carbons (Fsp3) is 0.571. The fourth-order valence-electron chi connectivity index (χ4n) is 0.760. The molecule has 0 bridgehead atoms. The number of aliphatic hydroxyl groups excluding tert-OH is 1. The molecule has 0 unspecified atom stereocenters. The van der Waals surface area contributed by atoms with E-state index < -0.39 is 0 Å². The summed E-state index contributed by atoms with van der Waals surface area (Å²) in [7, 11) is 0. The largest absolute Gasteiger partial charge is 0.512 e. The molecular weight excluding hydrogens is 207 g/mol. The number of carbonyl (C=O) groups is 1. The molecule has 0 atom stereocenters. The molecule has 10 heavy (non-hydrogen) atoms. The van der Waals surface area contributed by atoms with E-state index >= 15 is 0 Å². The van der Waals surface area contributed by atoms with Crippen LogP contribution in [0.1, 0.15) is 27.2 Å². The number of aliphatic hydroxyl groups is 1. The van der Waals surface area contributed by atoms with Crippen molar-refractivity contribution in [1.82, 2.24) is 0 Å². The van der Waals surface area contributed by atoms with Crippen LogP contribution in [-0.4, -0.2) is 10.9 Å². The molecule has 0 heterocycles. The number of carbonyl (C=O) groups excluding carboxylic acids is 1. The van der Waals surface area contributed by atoms with Gasteiger partial charge in [0.1, 0.15) is 0 Å². The first-order valence-electron chi connectivity index (χ1n) is 2.99. The second kappa shape index (κ2) is 5.85. The Kier molecular flexibility index (Phi) is 7.45. The average molecular weight is 219 g/mol. The smallest absolute Gasteiger partial charge is 0.159 e. The van der Waals surface area contributed by atoms with Crippen LogP contribution < -0.4 is 0 Å². The summed E-state index contributed by atoms with van der Waals surface area (Å²) in [6.45, 7) is 4.83. The van der Waals surface area contributed by atoms with Crippen molar-refractivity contribution in [3.05, 3.63) is 11.3 Å². The van der Waals surface area contributed by atoms with Crippen molar-refractivity contribution in [1.29, 1.82) is 0 Å². The van der Waals surface area contributed by atoms with E-state index in [9.17, 15) is 4.79 Å². The zero-order valence-electron chi connectivity index (χ0n) is 6.56. The summed E-state index contributed by atoms with van der Waals surface area (Å²) >= 11 is 0. The van der Waals surface area contributed by atoms with E-state index in [-0.39, 0.29) is 37.7 Å². The summed E-state index contributed by atoms with van der Waals surface area (Å²) in [6.07, 6.45) is 0.609.